The lowest BCUT2D eigenvalue weighted by Crippen LogP contribution is -2.44. The van der Waals surface area contributed by atoms with E-state index in [9.17, 15) is 9.59 Å². The van der Waals surface area contributed by atoms with Gasteiger partial charge >= 0.3 is 0 Å². The van der Waals surface area contributed by atoms with Gasteiger partial charge in [-0.2, -0.15) is 5.10 Å². The number of likely N-dealkylation sites (tertiary alicyclic amines) is 1. The van der Waals surface area contributed by atoms with Crippen LogP contribution in [-0.2, 0) is 27.9 Å². The van der Waals surface area contributed by atoms with Gasteiger partial charge < -0.3 is 14.5 Å². The molecule has 7 heteroatoms. The lowest BCUT2D eigenvalue weighted by molar-refractivity contribution is -0.142. The number of fused-ring (bicyclic) bond motifs is 1. The summed E-state index contributed by atoms with van der Waals surface area (Å²) in [4.78, 5) is 29.9. The van der Waals surface area contributed by atoms with E-state index in [-0.39, 0.29) is 17.9 Å². The molecule has 2 saturated heterocycles. The van der Waals surface area contributed by atoms with E-state index in [2.05, 4.69) is 18.9 Å². The summed E-state index contributed by atoms with van der Waals surface area (Å²) in [5.74, 6) is -0.266. The van der Waals surface area contributed by atoms with E-state index in [0.29, 0.717) is 19.0 Å². The van der Waals surface area contributed by atoms with Gasteiger partial charge in [-0.05, 0) is 12.3 Å². The highest BCUT2D eigenvalue weighted by molar-refractivity contribution is 5.93. The number of amides is 2. The number of carbonyl (C=O) groups is 2. The fourth-order valence-corrected chi connectivity index (χ4v) is 4.62. The van der Waals surface area contributed by atoms with Crippen LogP contribution in [-0.4, -0.2) is 63.2 Å². The number of hydrogen-bond donors (Lipinski definition) is 0. The average molecular weight is 372 g/mol. The van der Waals surface area contributed by atoms with Gasteiger partial charge in [0.2, 0.25) is 11.8 Å². The Labute approximate surface area is 159 Å². The van der Waals surface area contributed by atoms with Crippen LogP contribution in [0, 0.1) is 17.8 Å². The van der Waals surface area contributed by atoms with E-state index in [1.165, 1.54) is 0 Å². The predicted molar refractivity (Wildman–Crippen MR) is 99.4 cm³/mol. The minimum atomic E-state index is -0.617. The van der Waals surface area contributed by atoms with Crippen molar-refractivity contribution in [2.75, 3.05) is 20.1 Å². The van der Waals surface area contributed by atoms with Gasteiger partial charge in [0.1, 0.15) is 5.60 Å². The number of aromatic nitrogens is 2. The van der Waals surface area contributed by atoms with E-state index in [0.717, 1.165) is 18.5 Å². The number of nitrogens with zero attached hydrogens (tertiary/aromatic N) is 4. The molecule has 3 aliphatic rings. The first-order chi connectivity index (χ1) is 12.8. The Balaban J connectivity index is 1.51. The molecule has 0 unspecified atom stereocenters. The largest absolute Gasteiger partial charge is 0.360 e. The third-order valence-corrected chi connectivity index (χ3v) is 5.99. The van der Waals surface area contributed by atoms with Crippen LogP contribution in [0.4, 0.5) is 0 Å². The minimum absolute atomic E-state index is 0.0286. The van der Waals surface area contributed by atoms with Crippen molar-refractivity contribution in [1.82, 2.24) is 19.6 Å². The molecular weight excluding hydrogens is 344 g/mol. The maximum atomic E-state index is 13.2. The monoisotopic (exact) mass is 372 g/mol. The molecule has 0 N–H and O–H groups in total. The molecule has 4 heterocycles. The Morgan fingerprint density at radius 1 is 1.48 bits per heavy atom. The van der Waals surface area contributed by atoms with E-state index in [1.54, 1.807) is 22.8 Å². The summed E-state index contributed by atoms with van der Waals surface area (Å²) in [5, 5.41) is 4.16. The van der Waals surface area contributed by atoms with Gasteiger partial charge in [0.15, 0.2) is 0 Å². The Kier molecular flexibility index (Phi) is 4.37. The van der Waals surface area contributed by atoms with Crippen LogP contribution in [0.25, 0.3) is 0 Å². The third kappa shape index (κ3) is 2.98. The van der Waals surface area contributed by atoms with Crippen LogP contribution in [0.3, 0.4) is 0 Å². The molecule has 4 atom stereocenters. The minimum Gasteiger partial charge on any atom is -0.360 e. The second-order valence-corrected chi connectivity index (χ2v) is 8.56. The van der Waals surface area contributed by atoms with E-state index >= 15 is 0 Å². The molecule has 4 rings (SSSR count). The van der Waals surface area contributed by atoms with Crippen molar-refractivity contribution in [2.45, 2.75) is 38.5 Å². The van der Waals surface area contributed by atoms with Gasteiger partial charge in [-0.15, -0.1) is 0 Å². The smallest absolute Gasteiger partial charge is 0.230 e. The van der Waals surface area contributed by atoms with E-state index < -0.39 is 17.4 Å². The molecular formula is C20H28N4O3. The first-order valence-electron chi connectivity index (χ1n) is 9.69. The standard InChI is InChI=1S/C20H28N4O3/c1-13(2)6-8-24-12-20-7-5-15(27-20)16(17(20)19(24)26)18(25)22(3)10-14-9-21-23(4)11-14/h5,7,9,11,13,15-17H,6,8,10,12H2,1-4H3/t15-,16+,17-,20-/m0/s1. The van der Waals surface area contributed by atoms with E-state index in [1.807, 2.05) is 30.3 Å². The first-order valence-corrected chi connectivity index (χ1v) is 9.69. The fourth-order valence-electron chi connectivity index (χ4n) is 4.62. The van der Waals surface area contributed by atoms with Crippen molar-refractivity contribution in [3.63, 3.8) is 0 Å². The maximum Gasteiger partial charge on any atom is 0.230 e. The normalized spacial score (nSPS) is 31.2. The van der Waals surface area contributed by atoms with Crippen molar-refractivity contribution in [3.05, 3.63) is 30.1 Å². The number of rotatable bonds is 6. The summed E-state index contributed by atoms with van der Waals surface area (Å²) in [7, 11) is 3.64. The Hall–Kier alpha value is -2.15. The van der Waals surface area contributed by atoms with Crippen molar-refractivity contribution < 1.29 is 14.3 Å². The van der Waals surface area contributed by atoms with Gasteiger partial charge in [-0.3, -0.25) is 14.3 Å². The highest BCUT2D eigenvalue weighted by atomic mass is 16.5. The number of aryl methyl sites for hydroxylation is 1. The number of hydrogen-bond acceptors (Lipinski definition) is 4. The molecule has 0 saturated carbocycles. The van der Waals surface area contributed by atoms with Gasteiger partial charge in [0.05, 0.1) is 30.7 Å². The van der Waals surface area contributed by atoms with Crippen molar-refractivity contribution in [2.24, 2.45) is 24.8 Å². The Morgan fingerprint density at radius 3 is 2.93 bits per heavy atom. The predicted octanol–water partition coefficient (Wildman–Crippen LogP) is 1.21. The third-order valence-electron chi connectivity index (χ3n) is 5.99. The molecule has 1 aromatic rings. The van der Waals surface area contributed by atoms with Gasteiger partial charge in [-0.1, -0.05) is 26.0 Å². The molecule has 7 nitrogen and oxygen atoms in total. The summed E-state index contributed by atoms with van der Waals surface area (Å²) in [6.07, 6.45) is 8.31. The fraction of sp³-hybridized carbons (Fsp3) is 0.650. The molecule has 1 spiro atoms. The quantitative estimate of drug-likeness (QED) is 0.704. The molecule has 0 aromatic carbocycles. The number of carbonyl (C=O) groups excluding carboxylic acids is 2. The van der Waals surface area contributed by atoms with Crippen LogP contribution in [0.2, 0.25) is 0 Å². The van der Waals surface area contributed by atoms with Crippen LogP contribution >= 0.6 is 0 Å². The van der Waals surface area contributed by atoms with Gasteiger partial charge in [0.25, 0.3) is 0 Å². The van der Waals surface area contributed by atoms with Crippen molar-refractivity contribution in [1.29, 1.82) is 0 Å². The lowest BCUT2D eigenvalue weighted by atomic mass is 9.76. The topological polar surface area (TPSA) is 67.7 Å². The van der Waals surface area contributed by atoms with Crippen molar-refractivity contribution in [3.8, 4) is 0 Å². The zero-order chi connectivity index (χ0) is 19.3. The SMILES string of the molecule is CC(C)CCN1C[C@]23C=C[C@H](O2)[C@@H](C(=O)N(C)Cc2cnn(C)c2)[C@H]3C1=O. The molecule has 2 fully saturated rings. The first kappa shape index (κ1) is 18.2. The van der Waals surface area contributed by atoms with Crippen LogP contribution in [0.5, 0.6) is 0 Å². The zero-order valence-electron chi connectivity index (χ0n) is 16.5. The molecule has 2 bridgehead atoms. The summed E-state index contributed by atoms with van der Waals surface area (Å²) >= 11 is 0. The molecule has 3 aliphatic heterocycles. The Morgan fingerprint density at radius 2 is 2.26 bits per heavy atom. The van der Waals surface area contributed by atoms with Crippen LogP contribution in [0.15, 0.2) is 24.5 Å². The maximum absolute atomic E-state index is 13.2. The number of ether oxygens (including phenoxy) is 1. The molecule has 27 heavy (non-hydrogen) atoms. The highest BCUT2D eigenvalue weighted by Crippen LogP contribution is 2.52. The molecule has 2 amide bonds. The molecule has 0 radical (unpaired) electrons. The highest BCUT2D eigenvalue weighted by Gasteiger charge is 2.66. The summed E-state index contributed by atoms with van der Waals surface area (Å²) in [6.45, 7) is 6.07. The molecule has 146 valence electrons. The van der Waals surface area contributed by atoms with Crippen LogP contribution < -0.4 is 0 Å². The van der Waals surface area contributed by atoms with Crippen molar-refractivity contribution >= 4 is 11.8 Å². The second kappa shape index (κ2) is 6.48. The summed E-state index contributed by atoms with van der Waals surface area (Å²) in [5.41, 5.74) is 0.354. The van der Waals surface area contributed by atoms with E-state index in [4.69, 9.17) is 4.74 Å². The zero-order valence-corrected chi connectivity index (χ0v) is 16.5. The summed E-state index contributed by atoms with van der Waals surface area (Å²) in [6, 6.07) is 0. The lowest BCUT2D eigenvalue weighted by Gasteiger charge is -2.27. The molecule has 0 aliphatic carbocycles. The van der Waals surface area contributed by atoms with Crippen LogP contribution in [0.1, 0.15) is 25.8 Å². The molecule has 1 aromatic heterocycles. The van der Waals surface area contributed by atoms with Gasteiger partial charge in [0, 0.05) is 38.9 Å². The Bertz CT molecular complexity index is 786. The second-order valence-electron chi connectivity index (χ2n) is 8.56. The average Bonchev–Trinajstić information content (AvgIpc) is 3.34. The summed E-state index contributed by atoms with van der Waals surface area (Å²) < 4.78 is 7.91. The van der Waals surface area contributed by atoms with Gasteiger partial charge in [-0.25, -0.2) is 0 Å².